The Morgan fingerprint density at radius 2 is 1.94 bits per heavy atom. The van der Waals surface area contributed by atoms with Gasteiger partial charge < -0.3 is 14.8 Å². The van der Waals surface area contributed by atoms with Crippen molar-refractivity contribution in [2.24, 2.45) is 0 Å². The molecule has 0 spiro atoms. The van der Waals surface area contributed by atoms with E-state index in [9.17, 15) is 17.6 Å². The van der Waals surface area contributed by atoms with Crippen LogP contribution in [0, 0.1) is 5.82 Å². The van der Waals surface area contributed by atoms with Gasteiger partial charge in [-0.25, -0.2) is 12.8 Å². The first-order valence-corrected chi connectivity index (χ1v) is 11.6. The zero-order valence-electron chi connectivity index (χ0n) is 17.6. The molecule has 1 atom stereocenters. The van der Waals surface area contributed by atoms with Crippen molar-refractivity contribution in [3.63, 3.8) is 0 Å². The van der Waals surface area contributed by atoms with Crippen LogP contribution in [0.15, 0.2) is 47.4 Å². The number of sulfonamides is 1. The summed E-state index contributed by atoms with van der Waals surface area (Å²) in [5.41, 5.74) is 0.214. The summed E-state index contributed by atoms with van der Waals surface area (Å²) in [4.78, 5) is 12.5. The number of methoxy groups -OCH3 is 1. The van der Waals surface area contributed by atoms with Crippen molar-refractivity contribution in [3.8, 4) is 11.5 Å². The second kappa shape index (κ2) is 10.1. The Kier molecular flexibility index (Phi) is 7.50. The lowest BCUT2D eigenvalue weighted by atomic mass is 10.1. The number of ether oxygens (including phenoxy) is 2. The van der Waals surface area contributed by atoms with Crippen LogP contribution >= 0.6 is 0 Å². The third-order valence-corrected chi connectivity index (χ3v) is 7.26. The summed E-state index contributed by atoms with van der Waals surface area (Å²) in [6, 6.07) is 9.83. The molecule has 1 N–H and O–H groups in total. The largest absolute Gasteiger partial charge is 0.495 e. The van der Waals surface area contributed by atoms with Gasteiger partial charge in [0.1, 0.15) is 28.8 Å². The van der Waals surface area contributed by atoms with E-state index in [1.165, 1.54) is 53.9 Å². The summed E-state index contributed by atoms with van der Waals surface area (Å²) >= 11 is 0. The minimum Gasteiger partial charge on any atom is -0.495 e. The van der Waals surface area contributed by atoms with Crippen LogP contribution in [0.5, 0.6) is 11.5 Å². The zero-order valence-corrected chi connectivity index (χ0v) is 18.5. The molecule has 0 aliphatic carbocycles. The van der Waals surface area contributed by atoms with E-state index in [0.29, 0.717) is 12.3 Å². The molecule has 2 aromatic rings. The van der Waals surface area contributed by atoms with Crippen molar-refractivity contribution < 1.29 is 27.1 Å². The average Bonchev–Trinajstić information content (AvgIpc) is 2.77. The summed E-state index contributed by atoms with van der Waals surface area (Å²) in [5, 5.41) is 2.70. The lowest BCUT2D eigenvalue weighted by Gasteiger charge is -2.32. The highest BCUT2D eigenvalue weighted by Gasteiger charge is 2.33. The molecular formula is C22H27FN2O5S. The predicted octanol–water partition coefficient (Wildman–Crippen LogP) is 3.21. The fourth-order valence-electron chi connectivity index (χ4n) is 3.54. The Hall–Kier alpha value is -2.65. The van der Waals surface area contributed by atoms with Crippen molar-refractivity contribution in [1.82, 2.24) is 9.62 Å². The van der Waals surface area contributed by atoms with Crippen LogP contribution in [0.3, 0.4) is 0 Å². The minimum absolute atomic E-state index is 0.0148. The number of nitrogens with zero attached hydrogens (tertiary/aromatic N) is 1. The molecule has 31 heavy (non-hydrogen) atoms. The molecule has 2 aromatic carbocycles. The zero-order chi connectivity index (χ0) is 22.4. The topological polar surface area (TPSA) is 84.9 Å². The molecule has 9 heteroatoms. The lowest BCUT2D eigenvalue weighted by molar-refractivity contribution is 0.0946. The van der Waals surface area contributed by atoms with Gasteiger partial charge in [-0.3, -0.25) is 4.79 Å². The Morgan fingerprint density at radius 1 is 1.19 bits per heavy atom. The first kappa shape index (κ1) is 23.0. The van der Waals surface area contributed by atoms with Gasteiger partial charge in [-0.2, -0.15) is 4.31 Å². The fraction of sp³-hybridized carbons (Fsp3) is 0.409. The first-order valence-electron chi connectivity index (χ1n) is 10.2. The molecule has 1 aliphatic heterocycles. The maximum absolute atomic E-state index is 13.3. The number of hydrogen-bond acceptors (Lipinski definition) is 5. The van der Waals surface area contributed by atoms with Gasteiger partial charge in [0.15, 0.2) is 0 Å². The van der Waals surface area contributed by atoms with Gasteiger partial charge in [0.25, 0.3) is 5.91 Å². The van der Waals surface area contributed by atoms with E-state index in [2.05, 4.69) is 5.32 Å². The van der Waals surface area contributed by atoms with Crippen molar-refractivity contribution in [2.45, 2.75) is 37.1 Å². The van der Waals surface area contributed by atoms with Gasteiger partial charge in [-0.15, -0.1) is 0 Å². The van der Waals surface area contributed by atoms with Crippen LogP contribution in [-0.4, -0.2) is 51.5 Å². The highest BCUT2D eigenvalue weighted by Crippen LogP contribution is 2.31. The van der Waals surface area contributed by atoms with Crippen LogP contribution in [0.4, 0.5) is 4.39 Å². The summed E-state index contributed by atoms with van der Waals surface area (Å²) in [6.45, 7) is 2.72. The second-order valence-electron chi connectivity index (χ2n) is 7.38. The molecule has 1 aliphatic rings. The fourth-order valence-corrected chi connectivity index (χ4v) is 5.42. The van der Waals surface area contributed by atoms with Gasteiger partial charge in [-0.05, 0) is 62.2 Å². The number of carbonyl (C=O) groups is 1. The summed E-state index contributed by atoms with van der Waals surface area (Å²) < 4.78 is 51.6. The molecule has 1 heterocycles. The predicted molar refractivity (Wildman–Crippen MR) is 114 cm³/mol. The summed E-state index contributed by atoms with van der Waals surface area (Å²) in [7, 11) is -2.40. The Balaban J connectivity index is 1.69. The van der Waals surface area contributed by atoms with Gasteiger partial charge in [0, 0.05) is 18.2 Å². The van der Waals surface area contributed by atoms with E-state index in [1.54, 1.807) is 0 Å². The molecule has 0 saturated carbocycles. The van der Waals surface area contributed by atoms with Crippen LogP contribution in [0.25, 0.3) is 0 Å². The normalized spacial score (nSPS) is 17.2. The van der Waals surface area contributed by atoms with Crippen LogP contribution in [-0.2, 0) is 10.0 Å². The maximum Gasteiger partial charge on any atom is 0.251 e. The molecule has 1 saturated heterocycles. The molecule has 0 aromatic heterocycles. The maximum atomic E-state index is 13.3. The third kappa shape index (κ3) is 5.54. The van der Waals surface area contributed by atoms with Crippen molar-refractivity contribution in [2.75, 3.05) is 26.8 Å². The Bertz CT molecular complexity index is 1010. The molecule has 1 amide bonds. The standard InChI is InChI=1S/C22H27FN2O5S/c1-16-5-3-4-13-25(16)31(27,28)21-15-17(6-11-20(21)29-2)22(26)24-12-14-30-19-9-7-18(23)8-10-19/h6-11,15-16H,3-5,12-14H2,1-2H3,(H,24,26). The molecule has 0 bridgehead atoms. The number of piperidine rings is 1. The molecule has 3 rings (SSSR count). The van der Waals surface area contributed by atoms with Crippen molar-refractivity contribution in [3.05, 3.63) is 53.8 Å². The number of halogens is 1. The number of carbonyl (C=O) groups excluding carboxylic acids is 1. The first-order chi connectivity index (χ1) is 14.8. The highest BCUT2D eigenvalue weighted by atomic mass is 32.2. The number of benzene rings is 2. The van der Waals surface area contributed by atoms with Crippen LogP contribution in [0.2, 0.25) is 0 Å². The molecule has 1 unspecified atom stereocenters. The van der Waals surface area contributed by atoms with E-state index in [1.807, 2.05) is 6.92 Å². The number of nitrogens with one attached hydrogen (secondary N) is 1. The molecule has 1 fully saturated rings. The minimum atomic E-state index is -3.80. The molecule has 7 nitrogen and oxygen atoms in total. The second-order valence-corrected chi connectivity index (χ2v) is 9.24. The summed E-state index contributed by atoms with van der Waals surface area (Å²) in [5.74, 6) is -0.0866. The van der Waals surface area contributed by atoms with E-state index >= 15 is 0 Å². The monoisotopic (exact) mass is 450 g/mol. The third-order valence-electron chi connectivity index (χ3n) is 5.22. The number of hydrogen-bond donors (Lipinski definition) is 1. The molecule has 168 valence electrons. The Labute approximate surface area is 182 Å². The van der Waals surface area contributed by atoms with Gasteiger partial charge in [0.2, 0.25) is 10.0 Å². The van der Waals surface area contributed by atoms with Gasteiger partial charge >= 0.3 is 0 Å². The number of rotatable bonds is 8. The smallest absolute Gasteiger partial charge is 0.251 e. The molecule has 0 radical (unpaired) electrons. The van der Waals surface area contributed by atoms with Crippen molar-refractivity contribution >= 4 is 15.9 Å². The quantitative estimate of drug-likeness (QED) is 0.625. The van der Waals surface area contributed by atoms with Crippen molar-refractivity contribution in [1.29, 1.82) is 0 Å². The van der Waals surface area contributed by atoms with E-state index in [0.717, 1.165) is 19.3 Å². The van der Waals surface area contributed by atoms with E-state index in [4.69, 9.17) is 9.47 Å². The average molecular weight is 451 g/mol. The highest BCUT2D eigenvalue weighted by molar-refractivity contribution is 7.89. The SMILES string of the molecule is COc1ccc(C(=O)NCCOc2ccc(F)cc2)cc1S(=O)(=O)N1CCCCC1C. The number of amides is 1. The van der Waals surface area contributed by atoms with Crippen LogP contribution in [0.1, 0.15) is 36.5 Å². The Morgan fingerprint density at radius 3 is 2.61 bits per heavy atom. The molecular weight excluding hydrogens is 423 g/mol. The summed E-state index contributed by atoms with van der Waals surface area (Å²) in [6.07, 6.45) is 2.60. The van der Waals surface area contributed by atoms with E-state index < -0.39 is 15.9 Å². The van der Waals surface area contributed by atoms with Gasteiger partial charge in [0.05, 0.1) is 13.7 Å². The van der Waals surface area contributed by atoms with Crippen LogP contribution < -0.4 is 14.8 Å². The van der Waals surface area contributed by atoms with Gasteiger partial charge in [-0.1, -0.05) is 6.42 Å². The lowest BCUT2D eigenvalue weighted by Crippen LogP contribution is -2.42. The van der Waals surface area contributed by atoms with E-state index in [-0.39, 0.29) is 41.2 Å².